The lowest BCUT2D eigenvalue weighted by molar-refractivity contribution is 0.1000. The second-order valence-electron chi connectivity index (χ2n) is 6.36. The van der Waals surface area contributed by atoms with Crippen molar-refractivity contribution >= 4 is 11.4 Å². The van der Waals surface area contributed by atoms with Crippen molar-refractivity contribution in [2.24, 2.45) is 5.73 Å². The van der Waals surface area contributed by atoms with Crippen molar-refractivity contribution in [3.05, 3.63) is 95.2 Å². The molecule has 0 aliphatic carbocycles. The maximum atomic E-state index is 11.4. The fraction of sp³-hybridized carbons (Fsp3) is 0.0455. The van der Waals surface area contributed by atoms with Crippen LogP contribution in [0.4, 0.5) is 0 Å². The molecule has 0 bridgehead atoms. The molecule has 0 unspecified atom stereocenters. The number of hydrogen-bond donors (Lipinski definition) is 1. The second kappa shape index (κ2) is 6.77. The highest BCUT2D eigenvalue weighted by atomic mass is 16.1. The quantitative estimate of drug-likeness (QED) is 0.609. The average molecular weight is 352 g/mol. The molecule has 1 amide bonds. The zero-order chi connectivity index (χ0) is 18.8. The van der Waals surface area contributed by atoms with E-state index in [4.69, 9.17) is 11.0 Å². The molecule has 2 N–H and O–H groups in total. The summed E-state index contributed by atoms with van der Waals surface area (Å²) in [5.41, 5.74) is 11.5. The summed E-state index contributed by atoms with van der Waals surface area (Å²) in [6.07, 6.45) is 2.63. The number of rotatable bonds is 4. The molecule has 0 fully saturated rings. The molecule has 0 saturated heterocycles. The highest BCUT2D eigenvalue weighted by Crippen LogP contribution is 2.21. The maximum absolute atomic E-state index is 11.4. The van der Waals surface area contributed by atoms with E-state index in [1.54, 1.807) is 18.2 Å². The summed E-state index contributed by atoms with van der Waals surface area (Å²) in [6, 6.07) is 23.0. The number of carbonyl (C=O) groups is 1. The molecule has 2 aromatic heterocycles. The summed E-state index contributed by atoms with van der Waals surface area (Å²) in [7, 11) is 0. The van der Waals surface area contributed by atoms with E-state index < -0.39 is 5.91 Å². The van der Waals surface area contributed by atoms with Gasteiger partial charge in [0, 0.05) is 17.3 Å². The summed E-state index contributed by atoms with van der Waals surface area (Å²) in [6.45, 7) is 0. The number of benzene rings is 2. The van der Waals surface area contributed by atoms with Crippen molar-refractivity contribution < 1.29 is 4.79 Å². The molecule has 5 heteroatoms. The number of nitrogens with two attached hydrogens (primary N) is 1. The minimum absolute atomic E-state index is 0.421. The van der Waals surface area contributed by atoms with Crippen molar-refractivity contribution in [3.8, 4) is 17.3 Å². The van der Waals surface area contributed by atoms with Gasteiger partial charge in [0.25, 0.3) is 0 Å². The number of primary amides is 1. The molecular weight excluding hydrogens is 336 g/mol. The fourth-order valence-corrected chi connectivity index (χ4v) is 3.08. The number of fused-ring (bicyclic) bond motifs is 1. The molecule has 4 rings (SSSR count). The monoisotopic (exact) mass is 352 g/mol. The lowest BCUT2D eigenvalue weighted by atomic mass is 10.0. The first-order valence-corrected chi connectivity index (χ1v) is 8.50. The Hall–Kier alpha value is -3.91. The third-order valence-corrected chi connectivity index (χ3v) is 4.46. The molecule has 27 heavy (non-hydrogen) atoms. The first-order chi connectivity index (χ1) is 13.1. The van der Waals surface area contributed by atoms with Crippen molar-refractivity contribution in [3.63, 3.8) is 0 Å². The van der Waals surface area contributed by atoms with E-state index in [1.807, 2.05) is 53.2 Å². The molecule has 4 aromatic rings. The minimum atomic E-state index is -0.421. The van der Waals surface area contributed by atoms with E-state index >= 15 is 0 Å². The Kier molecular flexibility index (Phi) is 4.15. The predicted octanol–water partition coefficient (Wildman–Crippen LogP) is 3.56. The van der Waals surface area contributed by atoms with Gasteiger partial charge < -0.3 is 5.73 Å². The third-order valence-electron chi connectivity index (χ3n) is 4.46. The van der Waals surface area contributed by atoms with E-state index in [-0.39, 0.29) is 0 Å². The van der Waals surface area contributed by atoms with Gasteiger partial charge in [0.05, 0.1) is 22.8 Å². The summed E-state index contributed by atoms with van der Waals surface area (Å²) in [5.74, 6) is -0.421. The number of hydrogen-bond acceptors (Lipinski definition) is 3. The van der Waals surface area contributed by atoms with Crippen LogP contribution in [0.15, 0.2) is 72.9 Å². The summed E-state index contributed by atoms with van der Waals surface area (Å²) >= 11 is 0. The molecule has 2 aromatic carbocycles. The lowest BCUT2D eigenvalue weighted by Gasteiger charge is -2.04. The topological polar surface area (TPSA) is 84.2 Å². The number of nitrogens with zero attached hydrogens (tertiary/aromatic N) is 3. The molecule has 0 atom stereocenters. The Bertz CT molecular complexity index is 1180. The number of nitriles is 1. The second-order valence-corrected chi connectivity index (χ2v) is 6.36. The number of carbonyl (C=O) groups excluding carboxylic acids is 1. The largest absolute Gasteiger partial charge is 0.366 e. The molecule has 0 saturated carbocycles. The van der Waals surface area contributed by atoms with Crippen LogP contribution in [0.25, 0.3) is 16.8 Å². The van der Waals surface area contributed by atoms with Gasteiger partial charge in [0.1, 0.15) is 0 Å². The van der Waals surface area contributed by atoms with Crippen molar-refractivity contribution in [2.45, 2.75) is 6.42 Å². The molecular formula is C22H16N4O. The zero-order valence-corrected chi connectivity index (χ0v) is 14.5. The first-order valence-electron chi connectivity index (χ1n) is 8.50. The van der Waals surface area contributed by atoms with Gasteiger partial charge in [0.15, 0.2) is 0 Å². The normalized spacial score (nSPS) is 10.6. The molecule has 0 radical (unpaired) electrons. The van der Waals surface area contributed by atoms with Gasteiger partial charge in [-0.15, -0.1) is 0 Å². The van der Waals surface area contributed by atoms with Crippen LogP contribution in [0.3, 0.4) is 0 Å². The van der Waals surface area contributed by atoms with Crippen LogP contribution in [-0.2, 0) is 6.42 Å². The Labute approximate surface area is 156 Å². The lowest BCUT2D eigenvalue weighted by Crippen LogP contribution is -2.11. The Balaban J connectivity index is 1.63. The molecule has 0 aliphatic rings. The Morgan fingerprint density at radius 2 is 1.81 bits per heavy atom. The molecule has 0 aliphatic heterocycles. The fourth-order valence-electron chi connectivity index (χ4n) is 3.08. The van der Waals surface area contributed by atoms with E-state index in [0.29, 0.717) is 17.5 Å². The van der Waals surface area contributed by atoms with Crippen molar-refractivity contribution in [1.82, 2.24) is 9.61 Å². The Morgan fingerprint density at radius 3 is 2.56 bits per heavy atom. The summed E-state index contributed by atoms with van der Waals surface area (Å²) in [5, 5.41) is 13.5. The van der Waals surface area contributed by atoms with Gasteiger partial charge in [-0.05, 0) is 60.0 Å². The predicted molar refractivity (Wildman–Crippen MR) is 103 cm³/mol. The van der Waals surface area contributed by atoms with Gasteiger partial charge in [-0.25, -0.2) is 4.52 Å². The SMILES string of the molecule is N#Cc1ccc(-c2cc3cc(Cc4cccc(C(N)=O)c4)ccn3n2)cc1. The highest BCUT2D eigenvalue weighted by Gasteiger charge is 2.07. The number of amides is 1. The van der Waals surface area contributed by atoms with E-state index in [1.165, 1.54) is 0 Å². The Morgan fingerprint density at radius 1 is 1.04 bits per heavy atom. The van der Waals surface area contributed by atoms with E-state index in [2.05, 4.69) is 17.2 Å². The van der Waals surface area contributed by atoms with Crippen LogP contribution >= 0.6 is 0 Å². The van der Waals surface area contributed by atoms with Crippen LogP contribution in [0.5, 0.6) is 0 Å². The summed E-state index contributed by atoms with van der Waals surface area (Å²) < 4.78 is 1.83. The molecule has 0 spiro atoms. The smallest absolute Gasteiger partial charge is 0.248 e. The molecule has 2 heterocycles. The average Bonchev–Trinajstić information content (AvgIpc) is 3.11. The van der Waals surface area contributed by atoms with Gasteiger partial charge in [-0.2, -0.15) is 10.4 Å². The van der Waals surface area contributed by atoms with Crippen LogP contribution in [0, 0.1) is 11.3 Å². The van der Waals surface area contributed by atoms with E-state index in [0.717, 1.165) is 27.9 Å². The van der Waals surface area contributed by atoms with Crippen molar-refractivity contribution in [1.29, 1.82) is 5.26 Å². The van der Waals surface area contributed by atoms with Gasteiger partial charge in [-0.1, -0.05) is 24.3 Å². The first kappa shape index (κ1) is 16.6. The third kappa shape index (κ3) is 3.42. The van der Waals surface area contributed by atoms with Gasteiger partial charge in [0.2, 0.25) is 5.91 Å². The van der Waals surface area contributed by atoms with Gasteiger partial charge >= 0.3 is 0 Å². The maximum Gasteiger partial charge on any atom is 0.248 e. The minimum Gasteiger partial charge on any atom is -0.366 e. The number of pyridine rings is 1. The van der Waals surface area contributed by atoms with Crippen LogP contribution in [0.1, 0.15) is 27.0 Å². The van der Waals surface area contributed by atoms with Gasteiger partial charge in [-0.3, -0.25) is 4.79 Å². The highest BCUT2D eigenvalue weighted by molar-refractivity contribution is 5.92. The molecule has 5 nitrogen and oxygen atoms in total. The zero-order valence-electron chi connectivity index (χ0n) is 14.5. The van der Waals surface area contributed by atoms with Crippen LogP contribution < -0.4 is 5.73 Å². The number of aromatic nitrogens is 2. The van der Waals surface area contributed by atoms with E-state index in [9.17, 15) is 4.79 Å². The summed E-state index contributed by atoms with van der Waals surface area (Å²) in [4.78, 5) is 11.4. The molecule has 130 valence electrons. The van der Waals surface area contributed by atoms with Crippen LogP contribution in [0.2, 0.25) is 0 Å². The van der Waals surface area contributed by atoms with Crippen molar-refractivity contribution in [2.75, 3.05) is 0 Å². The standard InChI is InChI=1S/C22H16N4O/c23-14-15-4-6-18(7-5-15)21-13-20-12-17(8-9-26(20)25-21)10-16-2-1-3-19(11-16)22(24)27/h1-9,11-13H,10H2,(H2,24,27). The van der Waals surface area contributed by atoms with Crippen LogP contribution in [-0.4, -0.2) is 15.5 Å².